The van der Waals surface area contributed by atoms with Gasteiger partial charge in [0.1, 0.15) is 0 Å². The second kappa shape index (κ2) is 6.21. The minimum atomic E-state index is 0.594. The van der Waals surface area contributed by atoms with Gasteiger partial charge in [0, 0.05) is 12.6 Å². The van der Waals surface area contributed by atoms with E-state index >= 15 is 0 Å². The van der Waals surface area contributed by atoms with Gasteiger partial charge < -0.3 is 10.6 Å². The van der Waals surface area contributed by atoms with E-state index < -0.39 is 0 Å². The topological polar surface area (TPSA) is 24.1 Å². The van der Waals surface area contributed by atoms with Crippen LogP contribution in [0.15, 0.2) is 16.8 Å². The molecule has 2 nitrogen and oxygen atoms in total. The Balaban J connectivity index is 1.67. The molecular weight excluding hydrogens is 236 g/mol. The molecule has 2 N–H and O–H groups in total. The van der Waals surface area contributed by atoms with Crippen LogP contribution in [-0.2, 0) is 6.54 Å². The van der Waals surface area contributed by atoms with Crippen molar-refractivity contribution in [2.45, 2.75) is 44.7 Å². The highest BCUT2D eigenvalue weighted by Gasteiger charge is 2.13. The third kappa shape index (κ3) is 3.76. The van der Waals surface area contributed by atoms with E-state index in [0.717, 1.165) is 11.7 Å². The molecule has 0 amide bonds. The van der Waals surface area contributed by atoms with Crippen molar-refractivity contribution >= 4 is 28.7 Å². The van der Waals surface area contributed by atoms with Gasteiger partial charge >= 0.3 is 0 Å². The summed E-state index contributed by atoms with van der Waals surface area (Å²) in [5, 5.41) is 11.7. The largest absolute Gasteiger partial charge is 0.360 e. The molecule has 0 bridgehead atoms. The molecule has 1 heterocycles. The minimum Gasteiger partial charge on any atom is -0.360 e. The summed E-state index contributed by atoms with van der Waals surface area (Å²) < 4.78 is 0. The monoisotopic (exact) mass is 254 g/mol. The summed E-state index contributed by atoms with van der Waals surface area (Å²) in [5.74, 6) is 0. The van der Waals surface area contributed by atoms with Crippen LogP contribution in [0.3, 0.4) is 0 Å². The average Bonchev–Trinajstić information content (AvgIpc) is 2.81. The highest BCUT2D eigenvalue weighted by Crippen LogP contribution is 2.17. The van der Waals surface area contributed by atoms with Crippen LogP contribution in [-0.4, -0.2) is 11.2 Å². The van der Waals surface area contributed by atoms with Crippen LogP contribution in [0.4, 0.5) is 0 Å². The summed E-state index contributed by atoms with van der Waals surface area (Å²) in [4.78, 5) is 0. The molecular formula is C12H18N2S2. The molecule has 1 aliphatic rings. The number of hydrogen-bond acceptors (Lipinski definition) is 2. The van der Waals surface area contributed by atoms with Crippen molar-refractivity contribution in [3.8, 4) is 0 Å². The SMILES string of the molecule is S=C(NCc1ccsc1)NC1CCCCC1. The fourth-order valence-electron chi connectivity index (χ4n) is 2.06. The molecule has 1 aromatic rings. The highest BCUT2D eigenvalue weighted by atomic mass is 32.1. The molecule has 0 aromatic carbocycles. The fourth-order valence-corrected chi connectivity index (χ4v) is 2.97. The predicted molar refractivity (Wildman–Crippen MR) is 73.8 cm³/mol. The summed E-state index contributed by atoms with van der Waals surface area (Å²) in [7, 11) is 0. The van der Waals surface area contributed by atoms with Gasteiger partial charge in [0.15, 0.2) is 5.11 Å². The quantitative estimate of drug-likeness (QED) is 0.811. The summed E-state index contributed by atoms with van der Waals surface area (Å²) >= 11 is 7.01. The van der Waals surface area contributed by atoms with Crippen molar-refractivity contribution in [3.63, 3.8) is 0 Å². The van der Waals surface area contributed by atoms with Crippen LogP contribution in [0.1, 0.15) is 37.7 Å². The van der Waals surface area contributed by atoms with Crippen molar-refractivity contribution < 1.29 is 0 Å². The lowest BCUT2D eigenvalue weighted by Crippen LogP contribution is -2.42. The molecule has 1 aromatic heterocycles. The van der Waals surface area contributed by atoms with Gasteiger partial charge in [-0.15, -0.1) is 0 Å². The fraction of sp³-hybridized carbons (Fsp3) is 0.583. The molecule has 0 unspecified atom stereocenters. The molecule has 4 heteroatoms. The Labute approximate surface area is 106 Å². The Hall–Kier alpha value is -0.610. The van der Waals surface area contributed by atoms with Crippen molar-refractivity contribution in [2.75, 3.05) is 0 Å². The zero-order chi connectivity index (χ0) is 11.2. The normalized spacial score (nSPS) is 17.0. The molecule has 2 rings (SSSR count). The Bertz CT molecular complexity index is 316. The van der Waals surface area contributed by atoms with E-state index in [1.54, 1.807) is 11.3 Å². The molecule has 0 saturated heterocycles. The van der Waals surface area contributed by atoms with Gasteiger partial charge in [0.05, 0.1) is 0 Å². The summed E-state index contributed by atoms with van der Waals surface area (Å²) in [6, 6.07) is 2.72. The Morgan fingerprint density at radius 3 is 2.88 bits per heavy atom. The molecule has 0 spiro atoms. The molecule has 1 aliphatic carbocycles. The number of rotatable bonds is 3. The minimum absolute atomic E-state index is 0.594. The van der Waals surface area contributed by atoms with Crippen LogP contribution in [0.5, 0.6) is 0 Å². The average molecular weight is 254 g/mol. The van der Waals surface area contributed by atoms with Crippen LogP contribution in [0.25, 0.3) is 0 Å². The maximum Gasteiger partial charge on any atom is 0.166 e. The zero-order valence-electron chi connectivity index (χ0n) is 9.37. The van der Waals surface area contributed by atoms with E-state index in [1.165, 1.54) is 37.7 Å². The van der Waals surface area contributed by atoms with E-state index in [0.29, 0.717) is 6.04 Å². The number of hydrogen-bond donors (Lipinski definition) is 2. The first-order valence-corrected chi connectivity index (χ1v) is 7.25. The van der Waals surface area contributed by atoms with E-state index in [1.807, 2.05) is 0 Å². The molecule has 0 aliphatic heterocycles. The van der Waals surface area contributed by atoms with Crippen molar-refractivity contribution in [1.29, 1.82) is 0 Å². The molecule has 16 heavy (non-hydrogen) atoms. The van der Waals surface area contributed by atoms with Crippen LogP contribution >= 0.6 is 23.6 Å². The third-order valence-corrected chi connectivity index (χ3v) is 3.97. The Morgan fingerprint density at radius 2 is 2.19 bits per heavy atom. The number of thiophene rings is 1. The van der Waals surface area contributed by atoms with E-state index in [4.69, 9.17) is 12.2 Å². The second-order valence-corrected chi connectivity index (χ2v) is 5.48. The Kier molecular flexibility index (Phi) is 4.60. The Morgan fingerprint density at radius 1 is 1.38 bits per heavy atom. The molecule has 1 saturated carbocycles. The smallest absolute Gasteiger partial charge is 0.166 e. The number of thiocarbonyl (C=S) groups is 1. The first-order chi connectivity index (χ1) is 7.84. The van der Waals surface area contributed by atoms with Crippen molar-refractivity contribution in [2.24, 2.45) is 0 Å². The summed E-state index contributed by atoms with van der Waals surface area (Å²) in [5.41, 5.74) is 1.30. The third-order valence-electron chi connectivity index (χ3n) is 2.97. The summed E-state index contributed by atoms with van der Waals surface area (Å²) in [6.45, 7) is 0.835. The lowest BCUT2D eigenvalue weighted by Gasteiger charge is -2.24. The predicted octanol–water partition coefficient (Wildman–Crippen LogP) is 3.04. The van der Waals surface area contributed by atoms with Crippen LogP contribution in [0.2, 0.25) is 0 Å². The molecule has 0 radical (unpaired) electrons. The highest BCUT2D eigenvalue weighted by molar-refractivity contribution is 7.80. The lowest BCUT2D eigenvalue weighted by molar-refractivity contribution is 0.412. The summed E-state index contributed by atoms with van der Waals surface area (Å²) in [6.07, 6.45) is 6.59. The van der Waals surface area contributed by atoms with Crippen molar-refractivity contribution in [1.82, 2.24) is 10.6 Å². The van der Waals surface area contributed by atoms with Gasteiger partial charge in [-0.1, -0.05) is 19.3 Å². The lowest BCUT2D eigenvalue weighted by atomic mass is 9.96. The standard InChI is InChI=1S/C12H18N2S2/c15-12(13-8-10-6-7-16-9-10)14-11-4-2-1-3-5-11/h6-7,9,11H,1-5,8H2,(H2,13,14,15). The molecule has 1 fully saturated rings. The molecule has 88 valence electrons. The first-order valence-electron chi connectivity index (χ1n) is 5.90. The van der Waals surface area contributed by atoms with E-state index in [-0.39, 0.29) is 0 Å². The van der Waals surface area contributed by atoms with Gasteiger partial charge in [-0.25, -0.2) is 0 Å². The van der Waals surface area contributed by atoms with Gasteiger partial charge in [0.25, 0.3) is 0 Å². The zero-order valence-corrected chi connectivity index (χ0v) is 11.0. The van der Waals surface area contributed by atoms with Crippen molar-refractivity contribution in [3.05, 3.63) is 22.4 Å². The second-order valence-electron chi connectivity index (χ2n) is 4.29. The van der Waals surface area contributed by atoms with Gasteiger partial charge in [-0.2, -0.15) is 11.3 Å². The number of nitrogens with one attached hydrogen (secondary N) is 2. The van der Waals surface area contributed by atoms with Gasteiger partial charge in [0.2, 0.25) is 0 Å². The van der Waals surface area contributed by atoms with Gasteiger partial charge in [-0.05, 0) is 47.4 Å². The van der Waals surface area contributed by atoms with Gasteiger partial charge in [-0.3, -0.25) is 0 Å². The maximum atomic E-state index is 5.29. The molecule has 0 atom stereocenters. The first kappa shape index (κ1) is 11.9. The maximum absolute atomic E-state index is 5.29. The van der Waals surface area contributed by atoms with Crippen LogP contribution in [0, 0.1) is 0 Å². The van der Waals surface area contributed by atoms with E-state index in [9.17, 15) is 0 Å². The van der Waals surface area contributed by atoms with E-state index in [2.05, 4.69) is 27.5 Å². The van der Waals surface area contributed by atoms with Crippen LogP contribution < -0.4 is 10.6 Å².